The highest BCUT2D eigenvalue weighted by Crippen LogP contribution is 2.43. The number of carbonyl (C=O) groups is 1. The zero-order valence-electron chi connectivity index (χ0n) is 47.9. The van der Waals surface area contributed by atoms with E-state index < -0.39 is 11.2 Å². The van der Waals surface area contributed by atoms with Crippen LogP contribution in [0.1, 0.15) is 201 Å². The zero-order valence-corrected chi connectivity index (χ0v) is 47.9. The van der Waals surface area contributed by atoms with Gasteiger partial charge in [-0.2, -0.15) is 0 Å². The van der Waals surface area contributed by atoms with Crippen molar-refractivity contribution in [2.75, 3.05) is 6.61 Å². The number of hydrogen-bond donors (Lipinski definition) is 2. The van der Waals surface area contributed by atoms with Crippen molar-refractivity contribution >= 4 is 30.7 Å². The summed E-state index contributed by atoms with van der Waals surface area (Å²) in [4.78, 5) is 16.5. The van der Waals surface area contributed by atoms with E-state index in [1.54, 1.807) is 6.20 Å². The van der Waals surface area contributed by atoms with Crippen LogP contribution in [0.2, 0.25) is 0 Å². The van der Waals surface area contributed by atoms with Crippen LogP contribution < -0.4 is 5.46 Å². The van der Waals surface area contributed by atoms with Gasteiger partial charge in [-0.1, -0.05) is 162 Å². The summed E-state index contributed by atoms with van der Waals surface area (Å²) < 4.78 is 17.7. The van der Waals surface area contributed by atoms with Gasteiger partial charge in [-0.3, -0.25) is 9.78 Å². The largest absolute Gasteiger partial charge is 0.495 e. The summed E-state index contributed by atoms with van der Waals surface area (Å²) in [6, 6.07) is 31.2. The number of pyridine rings is 1. The lowest BCUT2D eigenvalue weighted by Gasteiger charge is -2.34. The van der Waals surface area contributed by atoms with E-state index in [9.17, 15) is 15.0 Å². The molecule has 3 fully saturated rings. The minimum absolute atomic E-state index is 0.0596. The van der Waals surface area contributed by atoms with Gasteiger partial charge in [0.2, 0.25) is 0 Å². The topological polar surface area (TPSA) is 98.1 Å². The van der Waals surface area contributed by atoms with E-state index in [0.29, 0.717) is 6.61 Å². The van der Waals surface area contributed by atoms with Crippen LogP contribution >= 0.6 is 0 Å². The third kappa shape index (κ3) is 12.5. The predicted octanol–water partition coefficient (Wildman–Crippen LogP) is 14.9. The van der Waals surface area contributed by atoms with Crippen molar-refractivity contribution in [3.05, 3.63) is 164 Å². The first-order valence-corrected chi connectivity index (χ1v) is 28.3. The number of aryl methyl sites for hydroxylation is 4. The average molecular weight is 1010 g/mol. The molecular weight excluding hydrogens is 926 g/mol. The molecule has 7 nitrogen and oxygen atoms in total. The van der Waals surface area contributed by atoms with Gasteiger partial charge in [0.05, 0.1) is 41.1 Å². The van der Waals surface area contributed by atoms with Crippen molar-refractivity contribution < 1.29 is 29.1 Å². The molecule has 1 aromatic heterocycles. The summed E-state index contributed by atoms with van der Waals surface area (Å²) in [6.07, 6.45) is 22.2. The molecule has 1 aliphatic heterocycles. The molecule has 1 saturated heterocycles. The second kappa shape index (κ2) is 23.6. The molecule has 8 heteroatoms. The van der Waals surface area contributed by atoms with Crippen LogP contribution in [0, 0.1) is 27.7 Å². The Morgan fingerprint density at radius 3 is 1.41 bits per heavy atom. The van der Waals surface area contributed by atoms with Crippen LogP contribution in [-0.4, -0.2) is 57.3 Å². The molecule has 3 aliphatic rings. The Balaban J connectivity index is 0.000000219. The standard InChI is InChI=1S/C35H43NO3.C32H45BO3/c1-6-35(7-2,29-13-12-28(25(4)21-29)17-20-34(38)18-9-10-19-34)30-14-15-31(26(5)22-30)32-16-11-27(24-36-32)23-33(37)39-8-3;1-9-32(10-2,26-14-13-25(23(3)21-26)17-20-31(34)18-11-12-19-31)27-15-16-28(24(4)22-27)33-35-29(5,6)30(7,8)36-33/h11-17,20-22,24,38H,6-10,18-19,23H2,1-5H3;13-17,20-22,34H,9-12,18-19H2,1-8H3/b2*20-17+. The van der Waals surface area contributed by atoms with Gasteiger partial charge >= 0.3 is 13.1 Å². The van der Waals surface area contributed by atoms with Crippen molar-refractivity contribution in [3.8, 4) is 11.3 Å². The molecule has 2 aliphatic carbocycles. The molecule has 0 spiro atoms. The first-order chi connectivity index (χ1) is 35.6. The van der Waals surface area contributed by atoms with Gasteiger partial charge in [0.25, 0.3) is 0 Å². The molecule has 2 heterocycles. The highest BCUT2D eigenvalue weighted by molar-refractivity contribution is 6.62. The molecule has 5 aromatic rings. The molecule has 2 N–H and O–H groups in total. The lowest BCUT2D eigenvalue weighted by molar-refractivity contribution is -0.142. The number of hydrogen-bond acceptors (Lipinski definition) is 7. The van der Waals surface area contributed by atoms with E-state index in [0.717, 1.165) is 99.3 Å². The molecule has 4 aromatic carbocycles. The fourth-order valence-electron chi connectivity index (χ4n) is 12.1. The number of carbonyl (C=O) groups excluding carboxylic acids is 1. The fourth-order valence-corrected chi connectivity index (χ4v) is 12.1. The van der Waals surface area contributed by atoms with Gasteiger partial charge in [-0.25, -0.2) is 0 Å². The van der Waals surface area contributed by atoms with Crippen molar-refractivity contribution in [3.63, 3.8) is 0 Å². The number of ether oxygens (including phenoxy) is 1. The zero-order chi connectivity index (χ0) is 54.4. The molecule has 0 unspecified atom stereocenters. The van der Waals surface area contributed by atoms with Crippen molar-refractivity contribution in [1.82, 2.24) is 4.98 Å². The SMILES string of the molecule is CCC(CC)(c1ccc(/C=C/C2(O)CCCC2)c(C)c1)c1ccc(B2OC(C)(C)C(C)(C)O2)c(C)c1.CCOC(=O)Cc1ccc(-c2ccc(C(CC)(CC)c3ccc(/C=C/C4(O)CCCC4)c(C)c3)cc2C)nc1. The summed E-state index contributed by atoms with van der Waals surface area (Å²) >= 11 is 0. The molecule has 400 valence electrons. The van der Waals surface area contributed by atoms with Crippen LogP contribution in [0.4, 0.5) is 0 Å². The van der Waals surface area contributed by atoms with Gasteiger partial charge in [0.15, 0.2) is 0 Å². The van der Waals surface area contributed by atoms with Crippen molar-refractivity contribution in [2.24, 2.45) is 0 Å². The van der Waals surface area contributed by atoms with Crippen LogP contribution in [0.25, 0.3) is 23.4 Å². The van der Waals surface area contributed by atoms with E-state index in [1.807, 2.05) is 31.2 Å². The normalized spacial score (nSPS) is 17.9. The second-order valence-electron chi connectivity index (χ2n) is 23.2. The second-order valence-corrected chi connectivity index (χ2v) is 23.2. The van der Waals surface area contributed by atoms with Crippen molar-refractivity contribution in [2.45, 2.75) is 207 Å². The van der Waals surface area contributed by atoms with Gasteiger partial charge in [0.1, 0.15) is 0 Å². The average Bonchev–Trinajstić information content (AvgIpc) is 4.08. The Morgan fingerprint density at radius 2 is 1.03 bits per heavy atom. The van der Waals surface area contributed by atoms with Crippen LogP contribution in [-0.2, 0) is 36.1 Å². The Hall–Kier alpha value is -5.12. The maximum Gasteiger partial charge on any atom is 0.495 e. The number of rotatable bonds is 17. The smallest absolute Gasteiger partial charge is 0.466 e. The fraction of sp³-hybridized carbons (Fsp3) is 0.493. The predicted molar refractivity (Wildman–Crippen MR) is 312 cm³/mol. The Kier molecular flexibility index (Phi) is 18.2. The molecule has 0 bridgehead atoms. The summed E-state index contributed by atoms with van der Waals surface area (Å²) in [5, 5.41) is 21.5. The molecule has 0 radical (unpaired) electrons. The molecule has 2 saturated carbocycles. The summed E-state index contributed by atoms with van der Waals surface area (Å²) in [7, 11) is -0.343. The van der Waals surface area contributed by atoms with Crippen LogP contribution in [0.15, 0.2) is 103 Å². The molecule has 0 atom stereocenters. The quantitative estimate of drug-likeness (QED) is 0.0707. The van der Waals surface area contributed by atoms with E-state index in [1.165, 1.54) is 55.6 Å². The van der Waals surface area contributed by atoms with Crippen molar-refractivity contribution in [1.29, 1.82) is 0 Å². The Morgan fingerprint density at radius 1 is 0.600 bits per heavy atom. The monoisotopic (exact) mass is 1010 g/mol. The Labute approximate surface area is 451 Å². The summed E-state index contributed by atoms with van der Waals surface area (Å²) in [5.74, 6) is -0.228. The summed E-state index contributed by atoms with van der Waals surface area (Å²) in [6.45, 7) is 28.4. The van der Waals surface area contributed by atoms with Crippen LogP contribution in [0.5, 0.6) is 0 Å². The van der Waals surface area contributed by atoms with Gasteiger partial charge in [-0.05, 0) is 181 Å². The lowest BCUT2D eigenvalue weighted by atomic mass is 9.68. The highest BCUT2D eigenvalue weighted by Gasteiger charge is 2.52. The first kappa shape index (κ1) is 57.6. The number of nitrogens with zero attached hydrogens (tertiary/aromatic N) is 1. The van der Waals surface area contributed by atoms with Gasteiger partial charge < -0.3 is 24.3 Å². The Bertz CT molecular complexity index is 2800. The minimum atomic E-state index is -0.642. The number of aromatic nitrogens is 1. The highest BCUT2D eigenvalue weighted by atomic mass is 16.7. The van der Waals surface area contributed by atoms with Gasteiger partial charge in [0, 0.05) is 22.6 Å². The lowest BCUT2D eigenvalue weighted by Crippen LogP contribution is -2.41. The van der Waals surface area contributed by atoms with E-state index in [-0.39, 0.29) is 41.5 Å². The number of esters is 1. The number of benzene rings is 4. The summed E-state index contributed by atoms with van der Waals surface area (Å²) in [5.41, 5.74) is 14.4. The van der Waals surface area contributed by atoms with Gasteiger partial charge in [-0.15, -0.1) is 0 Å². The van der Waals surface area contributed by atoms with Crippen LogP contribution in [0.3, 0.4) is 0 Å². The molecule has 8 rings (SSSR count). The molecular formula is C67H88BNO6. The molecule has 75 heavy (non-hydrogen) atoms. The molecule has 0 amide bonds. The first-order valence-electron chi connectivity index (χ1n) is 28.3. The maximum atomic E-state index is 11.8. The third-order valence-corrected chi connectivity index (χ3v) is 18.0. The van der Waals surface area contributed by atoms with E-state index in [4.69, 9.17) is 14.0 Å². The van der Waals surface area contributed by atoms with E-state index in [2.05, 4.69) is 173 Å². The number of aliphatic hydroxyl groups is 2. The minimum Gasteiger partial charge on any atom is -0.466 e. The van der Waals surface area contributed by atoms with E-state index >= 15 is 0 Å². The third-order valence-electron chi connectivity index (χ3n) is 18.0. The maximum absolute atomic E-state index is 11.8.